The molecule has 0 saturated heterocycles. The number of nitrogens with zero attached hydrogens (tertiary/aromatic N) is 1. The highest BCUT2D eigenvalue weighted by Gasteiger charge is 2.04. The van der Waals surface area contributed by atoms with Gasteiger partial charge in [0.2, 0.25) is 0 Å². The van der Waals surface area contributed by atoms with E-state index in [0.29, 0.717) is 16.3 Å². The first-order valence-corrected chi connectivity index (χ1v) is 6.85. The molecule has 2 aromatic carbocycles. The Bertz CT molecular complexity index is 590. The molecule has 2 rings (SSSR count). The van der Waals surface area contributed by atoms with Crippen LogP contribution in [0.15, 0.2) is 47.4 Å². The van der Waals surface area contributed by atoms with Crippen molar-refractivity contribution >= 4 is 23.4 Å². The molecule has 0 heterocycles. The lowest BCUT2D eigenvalue weighted by atomic mass is 10.2. The second kappa shape index (κ2) is 5.81. The molecule has 0 aliphatic heterocycles. The van der Waals surface area contributed by atoms with Gasteiger partial charge < -0.3 is 4.74 Å². The molecule has 4 heteroatoms. The van der Waals surface area contributed by atoms with E-state index in [1.165, 1.54) is 4.90 Å². The molecule has 0 aliphatic rings. The van der Waals surface area contributed by atoms with E-state index in [9.17, 15) is 0 Å². The molecule has 0 spiro atoms. The van der Waals surface area contributed by atoms with Crippen molar-refractivity contribution in [2.24, 2.45) is 0 Å². The summed E-state index contributed by atoms with van der Waals surface area (Å²) in [4.78, 5) is 1.17. The summed E-state index contributed by atoms with van der Waals surface area (Å²) in [5, 5.41) is 9.18. The van der Waals surface area contributed by atoms with E-state index in [4.69, 9.17) is 21.6 Å². The van der Waals surface area contributed by atoms with Gasteiger partial charge in [-0.15, -0.1) is 11.8 Å². The van der Waals surface area contributed by atoms with Gasteiger partial charge in [0.15, 0.2) is 0 Å². The Kier molecular flexibility index (Phi) is 4.14. The molecule has 0 unspecified atom stereocenters. The summed E-state index contributed by atoms with van der Waals surface area (Å²) in [6.07, 6.45) is 2.02. The van der Waals surface area contributed by atoms with Crippen molar-refractivity contribution in [3.8, 4) is 17.6 Å². The Morgan fingerprint density at radius 1 is 1.17 bits per heavy atom. The molecule has 0 saturated carbocycles. The number of rotatable bonds is 3. The van der Waals surface area contributed by atoms with Crippen molar-refractivity contribution in [3.05, 3.63) is 53.1 Å². The monoisotopic (exact) mass is 275 g/mol. The fraction of sp³-hybridized carbons (Fsp3) is 0.0714. The molecule has 0 N–H and O–H groups in total. The van der Waals surface area contributed by atoms with Crippen LogP contribution in [0.4, 0.5) is 0 Å². The lowest BCUT2D eigenvalue weighted by molar-refractivity contribution is 0.482. The first-order chi connectivity index (χ1) is 8.72. The minimum absolute atomic E-state index is 0.433. The van der Waals surface area contributed by atoms with Crippen LogP contribution in [0.25, 0.3) is 0 Å². The van der Waals surface area contributed by atoms with Gasteiger partial charge in [-0.3, -0.25) is 0 Å². The predicted molar refractivity (Wildman–Crippen MR) is 74.5 cm³/mol. The van der Waals surface area contributed by atoms with Gasteiger partial charge in [-0.1, -0.05) is 11.6 Å². The van der Waals surface area contributed by atoms with Gasteiger partial charge in [-0.05, 0) is 48.7 Å². The summed E-state index contributed by atoms with van der Waals surface area (Å²) < 4.78 is 5.66. The van der Waals surface area contributed by atoms with Crippen molar-refractivity contribution < 1.29 is 4.74 Å². The topological polar surface area (TPSA) is 33.0 Å². The fourth-order valence-electron chi connectivity index (χ4n) is 1.42. The van der Waals surface area contributed by atoms with Gasteiger partial charge in [0.1, 0.15) is 11.5 Å². The van der Waals surface area contributed by atoms with Crippen LogP contribution in [-0.4, -0.2) is 6.26 Å². The van der Waals surface area contributed by atoms with Crippen molar-refractivity contribution in [2.45, 2.75) is 4.90 Å². The lowest BCUT2D eigenvalue weighted by Gasteiger charge is -2.08. The predicted octanol–water partition coefficient (Wildman–Crippen LogP) is 4.73. The molecule has 2 aromatic rings. The molecule has 18 heavy (non-hydrogen) atoms. The average molecular weight is 276 g/mol. The Labute approximate surface area is 115 Å². The summed E-state index contributed by atoms with van der Waals surface area (Å²) in [5.74, 6) is 1.27. The number of thioether (sulfide) groups is 1. The van der Waals surface area contributed by atoms with Gasteiger partial charge >= 0.3 is 0 Å². The number of hydrogen-bond acceptors (Lipinski definition) is 3. The lowest BCUT2D eigenvalue weighted by Crippen LogP contribution is -1.86. The van der Waals surface area contributed by atoms with Crippen LogP contribution in [0.3, 0.4) is 0 Å². The zero-order valence-electron chi connectivity index (χ0n) is 9.68. The van der Waals surface area contributed by atoms with Crippen LogP contribution in [0.5, 0.6) is 11.5 Å². The molecule has 2 nitrogen and oxygen atoms in total. The number of halogens is 1. The number of nitriles is 1. The Balaban J connectivity index is 2.20. The molecular weight excluding hydrogens is 266 g/mol. The summed E-state index contributed by atoms with van der Waals surface area (Å²) in [6.45, 7) is 0. The van der Waals surface area contributed by atoms with Crippen molar-refractivity contribution in [3.63, 3.8) is 0 Å². The smallest absolute Gasteiger partial charge is 0.146 e. The van der Waals surface area contributed by atoms with Gasteiger partial charge in [0, 0.05) is 4.90 Å². The highest BCUT2D eigenvalue weighted by atomic mass is 35.5. The maximum absolute atomic E-state index is 8.75. The highest BCUT2D eigenvalue weighted by Crippen LogP contribution is 2.30. The zero-order chi connectivity index (χ0) is 13.0. The molecule has 0 amide bonds. The maximum Gasteiger partial charge on any atom is 0.146 e. The molecule has 90 valence electrons. The fourth-order valence-corrected chi connectivity index (χ4v) is 2.05. The summed E-state index contributed by atoms with van der Waals surface area (Å²) in [6, 6.07) is 14.7. The van der Waals surface area contributed by atoms with Crippen LogP contribution in [0.2, 0.25) is 5.02 Å². The molecule has 0 bridgehead atoms. The van der Waals surface area contributed by atoms with Crippen LogP contribution < -0.4 is 4.74 Å². The van der Waals surface area contributed by atoms with Crippen molar-refractivity contribution in [1.29, 1.82) is 5.26 Å². The second-order valence-electron chi connectivity index (χ2n) is 3.53. The third-order valence-corrected chi connectivity index (χ3v) is 3.39. The van der Waals surface area contributed by atoms with Crippen LogP contribution in [0, 0.1) is 11.3 Å². The van der Waals surface area contributed by atoms with Gasteiger partial charge in [0.05, 0.1) is 16.7 Å². The average Bonchev–Trinajstić information content (AvgIpc) is 2.42. The quantitative estimate of drug-likeness (QED) is 0.760. The molecular formula is C14H10ClNOS. The van der Waals surface area contributed by atoms with Gasteiger partial charge in [-0.2, -0.15) is 5.26 Å². The minimum atomic E-state index is 0.433. The molecule has 0 aromatic heterocycles. The first kappa shape index (κ1) is 12.8. The summed E-state index contributed by atoms with van der Waals surface area (Å²) in [5.41, 5.74) is 0.519. The third-order valence-electron chi connectivity index (χ3n) is 2.35. The number of benzene rings is 2. The second-order valence-corrected chi connectivity index (χ2v) is 4.82. The normalized spacial score (nSPS) is 9.83. The Hall–Kier alpha value is -1.63. The summed E-state index contributed by atoms with van der Waals surface area (Å²) >= 11 is 7.71. The number of ether oxygens (including phenoxy) is 1. The standard InChI is InChI=1S/C14H10ClNOS/c1-18-12-5-3-11(4-6-12)17-14-7-2-10(9-16)8-13(14)15/h2-8H,1H3. The largest absolute Gasteiger partial charge is 0.456 e. The number of hydrogen-bond donors (Lipinski definition) is 0. The van der Waals surface area contributed by atoms with E-state index >= 15 is 0 Å². The van der Waals surface area contributed by atoms with Crippen LogP contribution in [0.1, 0.15) is 5.56 Å². The zero-order valence-corrected chi connectivity index (χ0v) is 11.3. The summed E-state index contributed by atoms with van der Waals surface area (Å²) in [7, 11) is 0. The molecule has 0 fully saturated rings. The minimum Gasteiger partial charge on any atom is -0.456 e. The van der Waals surface area contributed by atoms with E-state index in [-0.39, 0.29) is 0 Å². The van der Waals surface area contributed by atoms with Crippen molar-refractivity contribution in [2.75, 3.05) is 6.26 Å². The third kappa shape index (κ3) is 2.98. The Morgan fingerprint density at radius 2 is 1.89 bits per heavy atom. The highest BCUT2D eigenvalue weighted by molar-refractivity contribution is 7.98. The van der Waals surface area contributed by atoms with Gasteiger partial charge in [-0.25, -0.2) is 0 Å². The van der Waals surface area contributed by atoms with E-state index in [0.717, 1.165) is 5.75 Å². The molecule has 0 atom stereocenters. The SMILES string of the molecule is CSc1ccc(Oc2ccc(C#N)cc2Cl)cc1. The van der Waals surface area contributed by atoms with E-state index in [2.05, 4.69) is 0 Å². The molecule has 0 radical (unpaired) electrons. The van der Waals surface area contributed by atoms with Crippen molar-refractivity contribution in [1.82, 2.24) is 0 Å². The van der Waals surface area contributed by atoms with Crippen LogP contribution >= 0.6 is 23.4 Å². The first-order valence-electron chi connectivity index (χ1n) is 5.24. The Morgan fingerprint density at radius 3 is 2.44 bits per heavy atom. The van der Waals surface area contributed by atoms with E-state index < -0.39 is 0 Å². The van der Waals surface area contributed by atoms with E-state index in [1.807, 2.05) is 36.6 Å². The maximum atomic E-state index is 8.75. The van der Waals surface area contributed by atoms with Crippen LogP contribution in [-0.2, 0) is 0 Å². The van der Waals surface area contributed by atoms with E-state index in [1.54, 1.807) is 30.0 Å². The van der Waals surface area contributed by atoms with Gasteiger partial charge in [0.25, 0.3) is 0 Å². The molecule has 0 aliphatic carbocycles.